The highest BCUT2D eigenvalue weighted by Crippen LogP contribution is 2.19. The highest BCUT2D eigenvalue weighted by molar-refractivity contribution is 5.33. The highest BCUT2D eigenvalue weighted by atomic mass is 16.5. The summed E-state index contributed by atoms with van der Waals surface area (Å²) >= 11 is 0. The first-order chi connectivity index (χ1) is 9.58. The average Bonchev–Trinajstić information content (AvgIpc) is 2.38. The zero-order valence-corrected chi connectivity index (χ0v) is 13.7. The fourth-order valence-electron chi connectivity index (χ4n) is 2.50. The van der Waals surface area contributed by atoms with Crippen LogP contribution < -0.4 is 5.32 Å². The van der Waals surface area contributed by atoms with E-state index in [4.69, 9.17) is 4.74 Å². The SMILES string of the molecule is CCNC(CN(C)CCOCC)c1ccc(C)cc1C. The molecule has 0 heterocycles. The number of nitrogens with one attached hydrogen (secondary N) is 1. The molecule has 0 aliphatic heterocycles. The topological polar surface area (TPSA) is 24.5 Å². The molecule has 0 amide bonds. The Kier molecular flexibility index (Phi) is 7.82. The molecule has 3 heteroatoms. The van der Waals surface area contributed by atoms with E-state index in [2.05, 4.69) is 56.2 Å². The van der Waals surface area contributed by atoms with Crippen LogP contribution in [0.15, 0.2) is 18.2 Å². The van der Waals surface area contributed by atoms with E-state index < -0.39 is 0 Å². The van der Waals surface area contributed by atoms with Gasteiger partial charge < -0.3 is 15.0 Å². The lowest BCUT2D eigenvalue weighted by Crippen LogP contribution is -2.35. The molecule has 1 atom stereocenters. The van der Waals surface area contributed by atoms with Gasteiger partial charge in [-0.1, -0.05) is 30.7 Å². The number of benzene rings is 1. The van der Waals surface area contributed by atoms with Crippen molar-refractivity contribution >= 4 is 0 Å². The molecule has 0 fully saturated rings. The van der Waals surface area contributed by atoms with E-state index in [9.17, 15) is 0 Å². The molecule has 0 aromatic heterocycles. The number of hydrogen-bond donors (Lipinski definition) is 1. The van der Waals surface area contributed by atoms with Crippen molar-refractivity contribution in [1.82, 2.24) is 10.2 Å². The zero-order valence-electron chi connectivity index (χ0n) is 13.7. The van der Waals surface area contributed by atoms with Gasteiger partial charge in [0.05, 0.1) is 6.61 Å². The summed E-state index contributed by atoms with van der Waals surface area (Å²) in [5, 5.41) is 3.60. The first-order valence-electron chi connectivity index (χ1n) is 7.65. The number of hydrogen-bond acceptors (Lipinski definition) is 3. The van der Waals surface area contributed by atoms with Gasteiger partial charge in [0.15, 0.2) is 0 Å². The molecule has 0 radical (unpaired) electrons. The molecule has 0 aliphatic rings. The van der Waals surface area contributed by atoms with E-state index in [1.165, 1.54) is 16.7 Å². The van der Waals surface area contributed by atoms with Crippen LogP contribution in [0, 0.1) is 13.8 Å². The summed E-state index contributed by atoms with van der Waals surface area (Å²) < 4.78 is 5.43. The van der Waals surface area contributed by atoms with Crippen LogP contribution in [0.2, 0.25) is 0 Å². The minimum absolute atomic E-state index is 0.382. The van der Waals surface area contributed by atoms with Gasteiger partial charge in [0.1, 0.15) is 0 Å². The molecule has 114 valence electrons. The number of nitrogens with zero attached hydrogens (tertiary/aromatic N) is 1. The van der Waals surface area contributed by atoms with Crippen molar-refractivity contribution in [3.8, 4) is 0 Å². The first kappa shape index (κ1) is 17.2. The molecule has 0 bridgehead atoms. The van der Waals surface area contributed by atoms with Gasteiger partial charge in [-0.2, -0.15) is 0 Å². The zero-order chi connectivity index (χ0) is 15.0. The summed E-state index contributed by atoms with van der Waals surface area (Å²) in [7, 11) is 2.16. The molecule has 1 unspecified atom stereocenters. The predicted molar refractivity (Wildman–Crippen MR) is 86.3 cm³/mol. The molecule has 20 heavy (non-hydrogen) atoms. The summed E-state index contributed by atoms with van der Waals surface area (Å²) in [6.45, 7) is 13.1. The van der Waals surface area contributed by atoms with Crippen molar-refractivity contribution < 1.29 is 4.74 Å². The largest absolute Gasteiger partial charge is 0.380 e. The van der Waals surface area contributed by atoms with Crippen LogP contribution in [0.1, 0.15) is 36.6 Å². The van der Waals surface area contributed by atoms with Gasteiger partial charge in [-0.25, -0.2) is 0 Å². The van der Waals surface area contributed by atoms with Crippen molar-refractivity contribution in [1.29, 1.82) is 0 Å². The monoisotopic (exact) mass is 278 g/mol. The van der Waals surface area contributed by atoms with E-state index in [1.54, 1.807) is 0 Å². The number of rotatable bonds is 9. The van der Waals surface area contributed by atoms with Crippen LogP contribution in [-0.2, 0) is 4.74 Å². The molecule has 1 aromatic carbocycles. The third-order valence-corrected chi connectivity index (χ3v) is 3.57. The second-order valence-electron chi connectivity index (χ2n) is 5.43. The molecule has 3 nitrogen and oxygen atoms in total. The smallest absolute Gasteiger partial charge is 0.0593 e. The second-order valence-corrected chi connectivity index (χ2v) is 5.43. The van der Waals surface area contributed by atoms with Gasteiger partial charge in [0.25, 0.3) is 0 Å². The summed E-state index contributed by atoms with van der Waals surface area (Å²) in [6.07, 6.45) is 0. The molecule has 0 saturated heterocycles. The summed E-state index contributed by atoms with van der Waals surface area (Å²) in [4.78, 5) is 2.34. The Morgan fingerprint density at radius 3 is 2.60 bits per heavy atom. The average molecular weight is 278 g/mol. The van der Waals surface area contributed by atoms with Crippen molar-refractivity contribution in [2.45, 2.75) is 33.7 Å². The maximum atomic E-state index is 5.43. The van der Waals surface area contributed by atoms with Gasteiger partial charge in [0, 0.05) is 25.7 Å². The molecule has 1 N–H and O–H groups in total. The fraction of sp³-hybridized carbons (Fsp3) is 0.647. The van der Waals surface area contributed by atoms with Crippen LogP contribution in [0.25, 0.3) is 0 Å². The number of likely N-dealkylation sites (N-methyl/N-ethyl adjacent to an activating group) is 2. The quantitative estimate of drug-likeness (QED) is 0.703. The van der Waals surface area contributed by atoms with E-state index in [0.29, 0.717) is 6.04 Å². The van der Waals surface area contributed by atoms with Gasteiger partial charge in [-0.3, -0.25) is 0 Å². The van der Waals surface area contributed by atoms with E-state index in [0.717, 1.165) is 32.8 Å². The highest BCUT2D eigenvalue weighted by Gasteiger charge is 2.15. The maximum absolute atomic E-state index is 5.43. The van der Waals surface area contributed by atoms with Gasteiger partial charge >= 0.3 is 0 Å². The van der Waals surface area contributed by atoms with Crippen LogP contribution in [-0.4, -0.2) is 44.8 Å². The molecule has 0 saturated carbocycles. The molecule has 1 rings (SSSR count). The minimum Gasteiger partial charge on any atom is -0.380 e. The molecular weight excluding hydrogens is 248 g/mol. The summed E-state index contributed by atoms with van der Waals surface area (Å²) in [5.41, 5.74) is 4.10. The second kappa shape index (κ2) is 9.11. The summed E-state index contributed by atoms with van der Waals surface area (Å²) in [5.74, 6) is 0. The van der Waals surface area contributed by atoms with Gasteiger partial charge in [0.2, 0.25) is 0 Å². The van der Waals surface area contributed by atoms with E-state index in [-0.39, 0.29) is 0 Å². The Hall–Kier alpha value is -0.900. The Bertz CT molecular complexity index is 393. The fourth-order valence-corrected chi connectivity index (χ4v) is 2.50. The third kappa shape index (κ3) is 5.61. The first-order valence-corrected chi connectivity index (χ1v) is 7.65. The van der Waals surface area contributed by atoms with E-state index >= 15 is 0 Å². The predicted octanol–water partition coefficient (Wildman–Crippen LogP) is 2.92. The molecule has 0 aliphatic carbocycles. The van der Waals surface area contributed by atoms with Crippen molar-refractivity contribution in [2.75, 3.05) is 39.9 Å². The van der Waals surface area contributed by atoms with Gasteiger partial charge in [-0.05, 0) is 45.5 Å². The third-order valence-electron chi connectivity index (χ3n) is 3.57. The Labute approximate surface area is 124 Å². The van der Waals surface area contributed by atoms with Gasteiger partial charge in [-0.15, -0.1) is 0 Å². The number of ether oxygens (including phenoxy) is 1. The van der Waals surface area contributed by atoms with Crippen LogP contribution in [0.5, 0.6) is 0 Å². The molecule has 1 aromatic rings. The summed E-state index contributed by atoms with van der Waals surface area (Å²) in [6, 6.07) is 7.11. The molecule has 0 spiro atoms. The molecular formula is C17H30N2O. The normalized spacial score (nSPS) is 12.9. The standard InChI is InChI=1S/C17H30N2O/c1-6-18-17(13-19(5)10-11-20-7-2)16-9-8-14(3)12-15(16)4/h8-9,12,17-18H,6-7,10-11,13H2,1-5H3. The van der Waals surface area contributed by atoms with Crippen LogP contribution in [0.4, 0.5) is 0 Å². The van der Waals surface area contributed by atoms with Crippen LogP contribution in [0.3, 0.4) is 0 Å². The number of aryl methyl sites for hydroxylation is 2. The van der Waals surface area contributed by atoms with E-state index in [1.807, 2.05) is 6.92 Å². The lowest BCUT2D eigenvalue weighted by atomic mass is 9.98. The lowest BCUT2D eigenvalue weighted by Gasteiger charge is -2.26. The Morgan fingerprint density at radius 2 is 2.00 bits per heavy atom. The van der Waals surface area contributed by atoms with Crippen molar-refractivity contribution in [2.24, 2.45) is 0 Å². The minimum atomic E-state index is 0.382. The Balaban J connectivity index is 2.68. The van der Waals surface area contributed by atoms with Crippen molar-refractivity contribution in [3.05, 3.63) is 34.9 Å². The lowest BCUT2D eigenvalue weighted by molar-refractivity contribution is 0.119. The van der Waals surface area contributed by atoms with Crippen molar-refractivity contribution in [3.63, 3.8) is 0 Å². The van der Waals surface area contributed by atoms with Crippen LogP contribution >= 0.6 is 0 Å². The Morgan fingerprint density at radius 1 is 1.25 bits per heavy atom. The maximum Gasteiger partial charge on any atom is 0.0593 e.